The summed E-state index contributed by atoms with van der Waals surface area (Å²) in [6, 6.07) is 17.6. The zero-order valence-corrected chi connectivity index (χ0v) is 13.6. The number of benzene rings is 2. The minimum Gasteiger partial charge on any atom is -0.384 e. The van der Waals surface area contributed by atoms with E-state index in [9.17, 15) is 14.7 Å². The van der Waals surface area contributed by atoms with Crippen LogP contribution in [0.1, 0.15) is 30.5 Å². The van der Waals surface area contributed by atoms with Gasteiger partial charge in [0.2, 0.25) is 0 Å². The first kappa shape index (κ1) is 14.1. The van der Waals surface area contributed by atoms with Crippen LogP contribution in [0.5, 0.6) is 0 Å². The van der Waals surface area contributed by atoms with Gasteiger partial charge in [0.1, 0.15) is 6.10 Å². The lowest BCUT2D eigenvalue weighted by Gasteiger charge is -2.40. The molecule has 2 unspecified atom stereocenters. The van der Waals surface area contributed by atoms with Crippen molar-refractivity contribution in [3.05, 3.63) is 71.3 Å². The normalized spacial score (nSPS) is 41.8. The molecule has 120 valence electrons. The second-order valence-electron chi connectivity index (χ2n) is 7.69. The fraction of sp³-hybridized carbons (Fsp3) is 0.333. The molecule has 0 amide bonds. The molecule has 0 aromatic heterocycles. The molecular weight excluding hydrogens is 300 g/mol. The Labute approximate surface area is 140 Å². The van der Waals surface area contributed by atoms with Crippen LogP contribution >= 0.6 is 0 Å². The lowest BCUT2D eigenvalue weighted by molar-refractivity contribution is -0.149. The zero-order valence-electron chi connectivity index (χ0n) is 13.6. The quantitative estimate of drug-likeness (QED) is 0.878. The zero-order chi connectivity index (χ0) is 16.9. The highest BCUT2D eigenvalue weighted by molar-refractivity contribution is 6.17. The van der Waals surface area contributed by atoms with Gasteiger partial charge in [-0.3, -0.25) is 9.59 Å². The van der Waals surface area contributed by atoms with Crippen LogP contribution in [-0.4, -0.2) is 22.8 Å². The molecule has 2 bridgehead atoms. The Kier molecular flexibility index (Phi) is 2.27. The van der Waals surface area contributed by atoms with Crippen LogP contribution in [0.3, 0.4) is 0 Å². The van der Waals surface area contributed by atoms with Gasteiger partial charge in [-0.05, 0) is 23.6 Å². The number of Topliss-reactive ketones (excluding diaryl/α,β-unsaturated/α-hetero) is 2. The molecule has 2 aromatic rings. The summed E-state index contributed by atoms with van der Waals surface area (Å²) in [5, 5.41) is 10.8. The predicted octanol–water partition coefficient (Wildman–Crippen LogP) is 2.39. The van der Waals surface area contributed by atoms with Crippen LogP contribution in [0.4, 0.5) is 0 Å². The molecule has 3 heteroatoms. The molecular formula is C21H18O3. The minimum absolute atomic E-state index is 0.000321. The van der Waals surface area contributed by atoms with Crippen molar-refractivity contribution in [2.24, 2.45) is 11.3 Å². The highest BCUT2D eigenvalue weighted by atomic mass is 16.3. The molecule has 0 aliphatic heterocycles. The Morgan fingerprint density at radius 1 is 0.833 bits per heavy atom. The third-order valence-electron chi connectivity index (χ3n) is 6.97. The lowest BCUT2D eigenvalue weighted by atomic mass is 9.62. The van der Waals surface area contributed by atoms with E-state index in [1.54, 1.807) is 6.92 Å². The fourth-order valence-corrected chi connectivity index (χ4v) is 5.71. The predicted molar refractivity (Wildman–Crippen MR) is 88.6 cm³/mol. The fourth-order valence-electron chi connectivity index (χ4n) is 5.71. The van der Waals surface area contributed by atoms with Gasteiger partial charge >= 0.3 is 0 Å². The molecule has 0 heterocycles. The van der Waals surface area contributed by atoms with Crippen LogP contribution in [0.15, 0.2) is 54.6 Å². The Hall–Kier alpha value is -2.26. The summed E-state index contributed by atoms with van der Waals surface area (Å²) in [5.74, 6) is -0.586. The number of aliphatic hydroxyl groups is 1. The minimum atomic E-state index is -1.28. The topological polar surface area (TPSA) is 54.4 Å². The number of hydrogen-bond acceptors (Lipinski definition) is 3. The first-order valence-electron chi connectivity index (χ1n) is 8.35. The third-order valence-corrected chi connectivity index (χ3v) is 6.97. The standard InChI is InChI=1S/C21H18O3/c1-19-13-10-6-7-11-14(13)21(12-8-4-3-5-9-12)15(16(19)22)20(21,2)18(24)17(19)23/h3-11,15,17,23H,1-2H3/t15?,17-,19?,20+,21+/m1/s1. The third kappa shape index (κ3) is 1.09. The molecule has 5 rings (SSSR count). The Bertz CT molecular complexity index is 918. The molecule has 1 N–H and O–H groups in total. The molecule has 0 spiro atoms. The Morgan fingerprint density at radius 3 is 2.08 bits per heavy atom. The van der Waals surface area contributed by atoms with E-state index < -0.39 is 22.3 Å². The van der Waals surface area contributed by atoms with E-state index >= 15 is 0 Å². The molecule has 2 aromatic carbocycles. The summed E-state index contributed by atoms with van der Waals surface area (Å²) in [5.41, 5.74) is 0.176. The van der Waals surface area contributed by atoms with Crippen molar-refractivity contribution in [1.29, 1.82) is 0 Å². The number of fused-ring (bicyclic) bond motifs is 5. The first-order valence-corrected chi connectivity index (χ1v) is 8.35. The van der Waals surface area contributed by atoms with Gasteiger partial charge in [-0.2, -0.15) is 0 Å². The molecule has 2 fully saturated rings. The number of aliphatic hydroxyl groups excluding tert-OH is 1. The molecule has 0 radical (unpaired) electrons. The van der Waals surface area contributed by atoms with Gasteiger partial charge in [-0.15, -0.1) is 0 Å². The summed E-state index contributed by atoms with van der Waals surface area (Å²) < 4.78 is 0. The summed E-state index contributed by atoms with van der Waals surface area (Å²) >= 11 is 0. The second kappa shape index (κ2) is 3.86. The highest BCUT2D eigenvalue weighted by Crippen LogP contribution is 2.80. The van der Waals surface area contributed by atoms with E-state index in [-0.39, 0.29) is 17.5 Å². The average Bonchev–Trinajstić information content (AvgIpc) is 3.22. The molecule has 0 saturated heterocycles. The van der Waals surface area contributed by atoms with Gasteiger partial charge in [0, 0.05) is 11.3 Å². The molecule has 5 atom stereocenters. The van der Waals surface area contributed by atoms with E-state index in [1.807, 2.05) is 61.5 Å². The smallest absolute Gasteiger partial charge is 0.170 e. The summed E-state index contributed by atoms with van der Waals surface area (Å²) in [7, 11) is 0. The maximum Gasteiger partial charge on any atom is 0.170 e. The largest absolute Gasteiger partial charge is 0.384 e. The van der Waals surface area contributed by atoms with Gasteiger partial charge in [0.05, 0.1) is 10.8 Å². The van der Waals surface area contributed by atoms with Gasteiger partial charge in [-0.1, -0.05) is 61.5 Å². The summed E-state index contributed by atoms with van der Waals surface area (Å²) in [4.78, 5) is 26.5. The number of carbonyl (C=O) groups excluding carboxylic acids is 2. The second-order valence-corrected chi connectivity index (χ2v) is 7.69. The van der Waals surface area contributed by atoms with E-state index in [1.165, 1.54) is 0 Å². The number of ketones is 2. The number of rotatable bonds is 1. The van der Waals surface area contributed by atoms with Crippen LogP contribution in [0.2, 0.25) is 0 Å². The number of hydrogen-bond donors (Lipinski definition) is 1. The monoisotopic (exact) mass is 318 g/mol. The number of carbonyl (C=O) groups is 2. The van der Waals surface area contributed by atoms with E-state index in [0.29, 0.717) is 0 Å². The molecule has 3 aliphatic rings. The van der Waals surface area contributed by atoms with E-state index in [0.717, 1.165) is 16.7 Å². The van der Waals surface area contributed by atoms with Gasteiger partial charge in [-0.25, -0.2) is 0 Å². The van der Waals surface area contributed by atoms with Crippen molar-refractivity contribution in [1.82, 2.24) is 0 Å². The Morgan fingerprint density at radius 2 is 1.42 bits per heavy atom. The van der Waals surface area contributed by atoms with Crippen LogP contribution < -0.4 is 0 Å². The SMILES string of the molecule is CC12C(=O)C3[C@](c4ccccc4)(c4ccccc41)[C@]3(C)C(=O)[C@H]2O. The van der Waals surface area contributed by atoms with E-state index in [4.69, 9.17) is 0 Å². The summed E-state index contributed by atoms with van der Waals surface area (Å²) in [6.45, 7) is 3.58. The first-order chi connectivity index (χ1) is 11.4. The van der Waals surface area contributed by atoms with Gasteiger partial charge in [0.15, 0.2) is 11.6 Å². The van der Waals surface area contributed by atoms with Crippen molar-refractivity contribution in [2.75, 3.05) is 0 Å². The van der Waals surface area contributed by atoms with Gasteiger partial charge in [0.25, 0.3) is 0 Å². The molecule has 3 nitrogen and oxygen atoms in total. The molecule has 3 aliphatic carbocycles. The Balaban J connectivity index is 1.96. The lowest BCUT2D eigenvalue weighted by Crippen LogP contribution is -2.55. The molecule has 24 heavy (non-hydrogen) atoms. The maximum atomic E-state index is 13.3. The van der Waals surface area contributed by atoms with Crippen molar-refractivity contribution in [3.8, 4) is 0 Å². The van der Waals surface area contributed by atoms with Crippen LogP contribution in [0.25, 0.3) is 0 Å². The highest BCUT2D eigenvalue weighted by Gasteiger charge is 2.89. The average molecular weight is 318 g/mol. The van der Waals surface area contributed by atoms with Crippen molar-refractivity contribution < 1.29 is 14.7 Å². The van der Waals surface area contributed by atoms with Gasteiger partial charge < -0.3 is 5.11 Å². The van der Waals surface area contributed by atoms with E-state index in [2.05, 4.69) is 0 Å². The summed E-state index contributed by atoms with van der Waals surface area (Å²) in [6.07, 6.45) is -1.28. The van der Waals surface area contributed by atoms with Crippen molar-refractivity contribution in [3.63, 3.8) is 0 Å². The van der Waals surface area contributed by atoms with Crippen molar-refractivity contribution in [2.45, 2.75) is 30.8 Å². The van der Waals surface area contributed by atoms with Crippen LogP contribution in [0, 0.1) is 11.3 Å². The van der Waals surface area contributed by atoms with Crippen molar-refractivity contribution >= 4 is 11.6 Å². The molecule has 2 saturated carbocycles. The maximum absolute atomic E-state index is 13.3. The van der Waals surface area contributed by atoms with Crippen LogP contribution in [-0.2, 0) is 20.4 Å².